The molecule has 0 aliphatic carbocycles. The average Bonchev–Trinajstić information content (AvgIpc) is 2.03. The number of hydrogen-bond acceptors (Lipinski definition) is 4. The van der Waals surface area contributed by atoms with Crippen molar-refractivity contribution in [2.24, 2.45) is 11.5 Å². The summed E-state index contributed by atoms with van der Waals surface area (Å²) in [5, 5.41) is 0. The molecule has 0 radical (unpaired) electrons. The molecule has 78 valence electrons. The van der Waals surface area contributed by atoms with Crippen LogP contribution in [0.1, 0.15) is 13.8 Å². The van der Waals surface area contributed by atoms with Crippen molar-refractivity contribution < 1.29 is 4.74 Å². The Labute approximate surface area is 80.2 Å². The van der Waals surface area contributed by atoms with E-state index in [0.29, 0.717) is 0 Å². The highest BCUT2D eigenvalue weighted by Gasteiger charge is 2.23. The van der Waals surface area contributed by atoms with E-state index in [-0.39, 0.29) is 18.2 Å². The Morgan fingerprint density at radius 1 is 1.46 bits per heavy atom. The van der Waals surface area contributed by atoms with Gasteiger partial charge in [-0.2, -0.15) is 0 Å². The molecule has 1 fully saturated rings. The second kappa shape index (κ2) is 4.91. The lowest BCUT2D eigenvalue weighted by Crippen LogP contribution is -2.51. The Hall–Kier alpha value is -0.160. The highest BCUT2D eigenvalue weighted by molar-refractivity contribution is 4.78. The van der Waals surface area contributed by atoms with Crippen molar-refractivity contribution in [2.75, 3.05) is 26.2 Å². The molecular formula is C9H21N3O. The van der Waals surface area contributed by atoms with Gasteiger partial charge in [-0.1, -0.05) is 0 Å². The predicted octanol–water partition coefficient (Wildman–Crippen LogP) is -0.618. The molecule has 3 atom stereocenters. The maximum Gasteiger partial charge on any atom is 0.0850 e. The lowest BCUT2D eigenvalue weighted by Gasteiger charge is -2.35. The third-order valence-electron chi connectivity index (χ3n) is 2.31. The van der Waals surface area contributed by atoms with Crippen LogP contribution in [0.4, 0.5) is 0 Å². The summed E-state index contributed by atoms with van der Waals surface area (Å²) < 4.78 is 5.54. The highest BCUT2D eigenvalue weighted by atomic mass is 16.5. The molecule has 4 heteroatoms. The first-order valence-corrected chi connectivity index (χ1v) is 4.94. The maximum atomic E-state index is 5.78. The van der Waals surface area contributed by atoms with E-state index in [1.165, 1.54) is 0 Å². The van der Waals surface area contributed by atoms with Gasteiger partial charge in [-0.05, 0) is 13.8 Å². The fourth-order valence-electron chi connectivity index (χ4n) is 1.62. The number of nitrogens with two attached hydrogens (primary N) is 2. The van der Waals surface area contributed by atoms with Gasteiger partial charge in [0, 0.05) is 31.7 Å². The maximum absolute atomic E-state index is 5.78. The Kier molecular flexibility index (Phi) is 4.12. The summed E-state index contributed by atoms with van der Waals surface area (Å²) in [5.74, 6) is 0. The van der Waals surface area contributed by atoms with Crippen molar-refractivity contribution in [3.8, 4) is 0 Å². The van der Waals surface area contributed by atoms with Gasteiger partial charge in [0.2, 0.25) is 0 Å². The summed E-state index contributed by atoms with van der Waals surface area (Å²) in [4.78, 5) is 2.32. The lowest BCUT2D eigenvalue weighted by atomic mass is 10.1. The topological polar surface area (TPSA) is 64.5 Å². The Morgan fingerprint density at radius 3 is 2.69 bits per heavy atom. The number of morpholine rings is 1. The van der Waals surface area contributed by atoms with E-state index in [2.05, 4.69) is 4.90 Å². The number of ether oxygens (including phenoxy) is 1. The van der Waals surface area contributed by atoms with Crippen LogP contribution in [-0.4, -0.2) is 49.3 Å². The van der Waals surface area contributed by atoms with Gasteiger partial charge in [0.05, 0.1) is 12.7 Å². The molecule has 0 aromatic carbocycles. The van der Waals surface area contributed by atoms with E-state index in [4.69, 9.17) is 16.2 Å². The molecule has 4 N–H and O–H groups in total. The zero-order valence-electron chi connectivity index (χ0n) is 8.57. The number of nitrogens with zero attached hydrogens (tertiary/aromatic N) is 1. The van der Waals surface area contributed by atoms with Crippen molar-refractivity contribution in [1.82, 2.24) is 4.90 Å². The van der Waals surface area contributed by atoms with Crippen LogP contribution in [0.2, 0.25) is 0 Å². The van der Waals surface area contributed by atoms with Crippen LogP contribution in [0.25, 0.3) is 0 Å². The van der Waals surface area contributed by atoms with E-state index < -0.39 is 0 Å². The molecule has 0 spiro atoms. The normalized spacial score (nSPS) is 30.0. The molecule has 1 saturated heterocycles. The van der Waals surface area contributed by atoms with Crippen molar-refractivity contribution in [1.29, 1.82) is 0 Å². The molecule has 0 saturated carbocycles. The van der Waals surface area contributed by atoms with Crippen LogP contribution in [-0.2, 0) is 4.74 Å². The lowest BCUT2D eigenvalue weighted by molar-refractivity contribution is -0.0385. The summed E-state index contributed by atoms with van der Waals surface area (Å²) in [7, 11) is 0. The highest BCUT2D eigenvalue weighted by Crippen LogP contribution is 2.07. The van der Waals surface area contributed by atoms with E-state index in [1.807, 2.05) is 13.8 Å². The summed E-state index contributed by atoms with van der Waals surface area (Å²) in [6.45, 7) is 7.62. The molecule has 0 bridgehead atoms. The molecule has 13 heavy (non-hydrogen) atoms. The van der Waals surface area contributed by atoms with Crippen molar-refractivity contribution >= 4 is 0 Å². The fraction of sp³-hybridized carbons (Fsp3) is 1.00. The standard InChI is InChI=1S/C9H21N3O/c1-7(10)5-12-3-4-13-9(6-12)8(2)11/h7-9H,3-6,10-11H2,1-2H3. The van der Waals surface area contributed by atoms with Crippen LogP contribution in [0, 0.1) is 0 Å². The van der Waals surface area contributed by atoms with E-state index in [1.54, 1.807) is 0 Å². The molecule has 4 nitrogen and oxygen atoms in total. The fourth-order valence-corrected chi connectivity index (χ4v) is 1.62. The molecule has 0 amide bonds. The van der Waals surface area contributed by atoms with Crippen molar-refractivity contribution in [3.05, 3.63) is 0 Å². The van der Waals surface area contributed by atoms with Gasteiger partial charge in [-0.3, -0.25) is 4.90 Å². The summed E-state index contributed by atoms with van der Waals surface area (Å²) in [6, 6.07) is 0.336. The number of rotatable bonds is 3. The monoisotopic (exact) mass is 187 g/mol. The zero-order valence-corrected chi connectivity index (χ0v) is 8.57. The SMILES string of the molecule is CC(N)CN1CCOC(C(C)N)C1. The van der Waals surface area contributed by atoms with Crippen LogP contribution in [0.15, 0.2) is 0 Å². The third-order valence-corrected chi connectivity index (χ3v) is 2.31. The van der Waals surface area contributed by atoms with E-state index >= 15 is 0 Å². The van der Waals surface area contributed by atoms with Crippen LogP contribution < -0.4 is 11.5 Å². The Bertz CT molecular complexity index is 150. The van der Waals surface area contributed by atoms with Crippen molar-refractivity contribution in [2.45, 2.75) is 32.0 Å². The minimum atomic E-state index is 0.107. The average molecular weight is 187 g/mol. The Morgan fingerprint density at radius 2 is 2.15 bits per heavy atom. The Balaban J connectivity index is 2.33. The van der Waals surface area contributed by atoms with Gasteiger partial charge in [-0.25, -0.2) is 0 Å². The van der Waals surface area contributed by atoms with Gasteiger partial charge in [0.25, 0.3) is 0 Å². The predicted molar refractivity (Wildman–Crippen MR) is 53.5 cm³/mol. The number of hydrogen-bond donors (Lipinski definition) is 2. The summed E-state index contributed by atoms with van der Waals surface area (Å²) >= 11 is 0. The molecule has 0 aromatic rings. The minimum absolute atomic E-state index is 0.107. The molecule has 0 aromatic heterocycles. The van der Waals surface area contributed by atoms with Crippen LogP contribution >= 0.6 is 0 Å². The third kappa shape index (κ3) is 3.60. The zero-order chi connectivity index (χ0) is 9.84. The van der Waals surface area contributed by atoms with Crippen LogP contribution in [0.5, 0.6) is 0 Å². The smallest absolute Gasteiger partial charge is 0.0850 e. The molecule has 1 aliphatic rings. The first-order valence-electron chi connectivity index (χ1n) is 4.94. The van der Waals surface area contributed by atoms with Gasteiger partial charge >= 0.3 is 0 Å². The first-order chi connectivity index (χ1) is 6.09. The van der Waals surface area contributed by atoms with E-state index in [0.717, 1.165) is 26.2 Å². The first kappa shape index (κ1) is 10.9. The molecule has 1 rings (SSSR count). The van der Waals surface area contributed by atoms with Gasteiger partial charge in [0.1, 0.15) is 0 Å². The van der Waals surface area contributed by atoms with E-state index in [9.17, 15) is 0 Å². The van der Waals surface area contributed by atoms with Gasteiger partial charge < -0.3 is 16.2 Å². The molecule has 1 aliphatic heterocycles. The van der Waals surface area contributed by atoms with Gasteiger partial charge in [0.15, 0.2) is 0 Å². The second-order valence-corrected chi connectivity index (χ2v) is 4.01. The van der Waals surface area contributed by atoms with Crippen LogP contribution in [0.3, 0.4) is 0 Å². The summed E-state index contributed by atoms with van der Waals surface area (Å²) in [5.41, 5.74) is 11.5. The second-order valence-electron chi connectivity index (χ2n) is 4.01. The minimum Gasteiger partial charge on any atom is -0.374 e. The molecule has 1 heterocycles. The van der Waals surface area contributed by atoms with Gasteiger partial charge in [-0.15, -0.1) is 0 Å². The van der Waals surface area contributed by atoms with Crippen molar-refractivity contribution in [3.63, 3.8) is 0 Å². The molecule has 3 unspecified atom stereocenters. The molecular weight excluding hydrogens is 166 g/mol. The summed E-state index contributed by atoms with van der Waals surface area (Å²) in [6.07, 6.45) is 0.174. The largest absolute Gasteiger partial charge is 0.374 e. The quantitative estimate of drug-likeness (QED) is 0.618.